The molecule has 0 spiro atoms. The van der Waals surface area contributed by atoms with Gasteiger partial charge in [0.05, 0.1) is 0 Å². The molecule has 82 valence electrons. The van der Waals surface area contributed by atoms with Gasteiger partial charge >= 0.3 is 0 Å². The van der Waals surface area contributed by atoms with E-state index in [0.29, 0.717) is 12.1 Å². The van der Waals surface area contributed by atoms with E-state index in [4.69, 9.17) is 0 Å². The molecule has 0 aliphatic rings. The van der Waals surface area contributed by atoms with Gasteiger partial charge in [-0.1, -0.05) is 6.92 Å². The summed E-state index contributed by atoms with van der Waals surface area (Å²) in [5.74, 6) is -0.343. The zero-order chi connectivity index (χ0) is 11.3. The number of benzene rings is 1. The Morgan fingerprint density at radius 1 is 1.27 bits per heavy atom. The molecule has 0 atom stereocenters. The largest absolute Gasteiger partial charge is 0.339 e. The van der Waals surface area contributed by atoms with Crippen LogP contribution >= 0.6 is 0 Å². The molecule has 0 aromatic heterocycles. The molecule has 0 saturated heterocycles. The van der Waals surface area contributed by atoms with Gasteiger partial charge in [-0.05, 0) is 37.6 Å². The number of carbonyl (C=O) groups excluding carboxylic acids is 1. The number of rotatable bonds is 4. The molecule has 15 heavy (non-hydrogen) atoms. The summed E-state index contributed by atoms with van der Waals surface area (Å²) in [6, 6.07) is 5.67. The zero-order valence-electron chi connectivity index (χ0n) is 9.16. The molecule has 0 fully saturated rings. The average Bonchev–Trinajstić information content (AvgIpc) is 2.26. The Hall–Kier alpha value is -1.38. The van der Waals surface area contributed by atoms with Gasteiger partial charge in [0.25, 0.3) is 5.91 Å². The molecule has 0 aliphatic carbocycles. The van der Waals surface area contributed by atoms with E-state index in [2.05, 4.69) is 0 Å². The second kappa shape index (κ2) is 5.49. The lowest BCUT2D eigenvalue weighted by molar-refractivity contribution is 0.0764. The third-order valence-corrected chi connectivity index (χ3v) is 2.25. The van der Waals surface area contributed by atoms with Crippen LogP contribution in [0.15, 0.2) is 24.3 Å². The van der Waals surface area contributed by atoms with Gasteiger partial charge in [0.1, 0.15) is 5.82 Å². The van der Waals surface area contributed by atoms with Gasteiger partial charge in [0, 0.05) is 18.7 Å². The highest BCUT2D eigenvalue weighted by Gasteiger charge is 2.12. The minimum Gasteiger partial charge on any atom is -0.339 e. The Bertz CT molecular complexity index is 321. The normalized spacial score (nSPS) is 10.1. The minimum absolute atomic E-state index is 0.0284. The number of halogens is 1. The van der Waals surface area contributed by atoms with Crippen molar-refractivity contribution in [3.63, 3.8) is 0 Å². The Morgan fingerprint density at radius 3 is 2.33 bits per heavy atom. The van der Waals surface area contributed by atoms with E-state index in [1.165, 1.54) is 24.3 Å². The highest BCUT2D eigenvalue weighted by molar-refractivity contribution is 5.94. The molecule has 3 heteroatoms. The van der Waals surface area contributed by atoms with Crippen molar-refractivity contribution in [2.24, 2.45) is 0 Å². The van der Waals surface area contributed by atoms with Crippen molar-refractivity contribution in [3.05, 3.63) is 35.6 Å². The highest BCUT2D eigenvalue weighted by atomic mass is 19.1. The average molecular weight is 209 g/mol. The van der Waals surface area contributed by atoms with Crippen molar-refractivity contribution in [1.82, 2.24) is 4.90 Å². The third kappa shape index (κ3) is 3.05. The van der Waals surface area contributed by atoms with Crippen LogP contribution in [0.25, 0.3) is 0 Å². The predicted molar refractivity (Wildman–Crippen MR) is 58.3 cm³/mol. The lowest BCUT2D eigenvalue weighted by Gasteiger charge is -2.19. The van der Waals surface area contributed by atoms with E-state index < -0.39 is 0 Å². The molecule has 0 aliphatic heterocycles. The summed E-state index contributed by atoms with van der Waals surface area (Å²) in [6.07, 6.45) is 0.931. The van der Waals surface area contributed by atoms with Crippen LogP contribution in [0.5, 0.6) is 0 Å². The Morgan fingerprint density at radius 2 is 1.87 bits per heavy atom. The first-order valence-electron chi connectivity index (χ1n) is 5.23. The monoisotopic (exact) mass is 209 g/mol. The number of hydrogen-bond donors (Lipinski definition) is 0. The van der Waals surface area contributed by atoms with Crippen molar-refractivity contribution >= 4 is 5.91 Å². The van der Waals surface area contributed by atoms with Crippen LogP contribution in [0.1, 0.15) is 30.6 Å². The first kappa shape index (κ1) is 11.7. The molecule has 0 N–H and O–H groups in total. The zero-order valence-corrected chi connectivity index (χ0v) is 9.16. The summed E-state index contributed by atoms with van der Waals surface area (Å²) in [6.45, 7) is 5.40. The molecule has 0 saturated carbocycles. The van der Waals surface area contributed by atoms with Crippen molar-refractivity contribution in [2.45, 2.75) is 20.3 Å². The molecule has 1 aromatic carbocycles. The molecule has 1 aromatic rings. The maximum Gasteiger partial charge on any atom is 0.253 e. The lowest BCUT2D eigenvalue weighted by atomic mass is 10.2. The molecule has 0 unspecified atom stereocenters. The fourth-order valence-electron chi connectivity index (χ4n) is 1.45. The van der Waals surface area contributed by atoms with Gasteiger partial charge in [-0.25, -0.2) is 4.39 Å². The smallest absolute Gasteiger partial charge is 0.253 e. The number of hydrogen-bond acceptors (Lipinski definition) is 1. The molecule has 2 nitrogen and oxygen atoms in total. The van der Waals surface area contributed by atoms with Gasteiger partial charge in [-0.2, -0.15) is 0 Å². The lowest BCUT2D eigenvalue weighted by Crippen LogP contribution is -2.31. The first-order valence-corrected chi connectivity index (χ1v) is 5.23. The minimum atomic E-state index is -0.315. The second-order valence-corrected chi connectivity index (χ2v) is 3.39. The van der Waals surface area contributed by atoms with E-state index >= 15 is 0 Å². The number of nitrogens with zero attached hydrogens (tertiary/aromatic N) is 1. The molecule has 1 amide bonds. The van der Waals surface area contributed by atoms with Gasteiger partial charge in [-0.15, -0.1) is 0 Å². The van der Waals surface area contributed by atoms with E-state index in [-0.39, 0.29) is 11.7 Å². The highest BCUT2D eigenvalue weighted by Crippen LogP contribution is 2.07. The number of carbonyl (C=O) groups is 1. The van der Waals surface area contributed by atoms with Gasteiger partial charge in [0.15, 0.2) is 0 Å². The molecule has 0 bridgehead atoms. The fraction of sp³-hybridized carbons (Fsp3) is 0.417. The second-order valence-electron chi connectivity index (χ2n) is 3.39. The van der Waals surface area contributed by atoms with Gasteiger partial charge in [0.2, 0.25) is 0 Å². The quantitative estimate of drug-likeness (QED) is 0.746. The summed E-state index contributed by atoms with van der Waals surface area (Å²) in [4.78, 5) is 13.6. The van der Waals surface area contributed by atoms with Crippen LogP contribution in [-0.2, 0) is 0 Å². The standard InChI is InChI=1S/C12H16FNO/c1-3-9-14(4-2)12(15)10-5-7-11(13)8-6-10/h5-8H,3-4,9H2,1-2H3. The van der Waals surface area contributed by atoms with Crippen LogP contribution in [0.2, 0.25) is 0 Å². The third-order valence-electron chi connectivity index (χ3n) is 2.25. The first-order chi connectivity index (χ1) is 7.19. The van der Waals surface area contributed by atoms with Crippen molar-refractivity contribution in [2.75, 3.05) is 13.1 Å². The summed E-state index contributed by atoms with van der Waals surface area (Å²) in [5.41, 5.74) is 0.548. The van der Waals surface area contributed by atoms with Crippen molar-refractivity contribution in [3.8, 4) is 0 Å². The van der Waals surface area contributed by atoms with Crippen LogP contribution in [-0.4, -0.2) is 23.9 Å². The number of amides is 1. The summed E-state index contributed by atoms with van der Waals surface area (Å²) >= 11 is 0. The van der Waals surface area contributed by atoms with Crippen LogP contribution < -0.4 is 0 Å². The summed E-state index contributed by atoms with van der Waals surface area (Å²) < 4.78 is 12.7. The Kier molecular flexibility index (Phi) is 4.28. The SMILES string of the molecule is CCCN(CC)C(=O)c1ccc(F)cc1. The molecule has 1 rings (SSSR count). The van der Waals surface area contributed by atoms with Crippen molar-refractivity contribution < 1.29 is 9.18 Å². The van der Waals surface area contributed by atoms with E-state index in [0.717, 1.165) is 13.0 Å². The van der Waals surface area contributed by atoms with E-state index in [9.17, 15) is 9.18 Å². The molecular weight excluding hydrogens is 193 g/mol. The Labute approximate surface area is 89.7 Å². The topological polar surface area (TPSA) is 20.3 Å². The van der Waals surface area contributed by atoms with Gasteiger partial charge in [-0.3, -0.25) is 4.79 Å². The Balaban J connectivity index is 2.78. The fourth-order valence-corrected chi connectivity index (χ4v) is 1.45. The van der Waals surface area contributed by atoms with Crippen LogP contribution in [0, 0.1) is 5.82 Å². The van der Waals surface area contributed by atoms with Crippen LogP contribution in [0.4, 0.5) is 4.39 Å². The van der Waals surface area contributed by atoms with Crippen LogP contribution in [0.3, 0.4) is 0 Å². The van der Waals surface area contributed by atoms with E-state index in [1.54, 1.807) is 4.90 Å². The summed E-state index contributed by atoms with van der Waals surface area (Å²) in [7, 11) is 0. The molecule has 0 heterocycles. The maximum absolute atomic E-state index is 12.7. The predicted octanol–water partition coefficient (Wildman–Crippen LogP) is 2.70. The summed E-state index contributed by atoms with van der Waals surface area (Å²) in [5, 5.41) is 0. The maximum atomic E-state index is 12.7. The molecule has 0 radical (unpaired) electrons. The van der Waals surface area contributed by atoms with Crippen molar-refractivity contribution in [1.29, 1.82) is 0 Å². The van der Waals surface area contributed by atoms with Gasteiger partial charge < -0.3 is 4.90 Å². The molecular formula is C12H16FNO. The van der Waals surface area contributed by atoms with E-state index in [1.807, 2.05) is 13.8 Å².